The van der Waals surface area contributed by atoms with Crippen molar-refractivity contribution in [3.05, 3.63) is 30.6 Å². The van der Waals surface area contributed by atoms with Crippen LogP contribution in [0.3, 0.4) is 0 Å². The van der Waals surface area contributed by atoms with Gasteiger partial charge in [0.15, 0.2) is 0 Å². The molecule has 0 atom stereocenters. The van der Waals surface area contributed by atoms with Crippen LogP contribution in [0.25, 0.3) is 10.9 Å². The van der Waals surface area contributed by atoms with E-state index < -0.39 is 0 Å². The number of para-hydroxylation sites is 1. The van der Waals surface area contributed by atoms with Crippen LogP contribution in [0, 0.1) is 0 Å². The second kappa shape index (κ2) is 6.70. The number of anilines is 1. The highest BCUT2D eigenvalue weighted by molar-refractivity contribution is 5.88. The van der Waals surface area contributed by atoms with E-state index in [0.29, 0.717) is 13.0 Å². The Balaban J connectivity index is 1.55. The normalized spacial score (nSPS) is 16.0. The van der Waals surface area contributed by atoms with Crippen molar-refractivity contribution in [3.63, 3.8) is 0 Å². The number of hydrogen-bond acceptors (Lipinski definition) is 5. The molecule has 0 saturated carbocycles. The van der Waals surface area contributed by atoms with E-state index in [9.17, 15) is 4.79 Å². The maximum Gasteiger partial charge on any atom is 0.224 e. The molecule has 3 rings (SSSR count). The van der Waals surface area contributed by atoms with Crippen LogP contribution < -0.4 is 5.32 Å². The predicted molar refractivity (Wildman–Crippen MR) is 86.7 cm³/mol. The summed E-state index contributed by atoms with van der Waals surface area (Å²) in [5.74, 6) is 0.996. The van der Waals surface area contributed by atoms with E-state index in [1.807, 2.05) is 29.2 Å². The fourth-order valence-electron chi connectivity index (χ4n) is 2.65. The molecule has 2 heterocycles. The number of aromatic nitrogens is 2. The van der Waals surface area contributed by atoms with Crippen LogP contribution in [-0.2, 0) is 4.79 Å². The van der Waals surface area contributed by atoms with Gasteiger partial charge in [-0.2, -0.15) is 0 Å². The topological polar surface area (TPSA) is 61.4 Å². The number of nitrogens with one attached hydrogen (secondary N) is 1. The lowest BCUT2D eigenvalue weighted by molar-refractivity contribution is -0.132. The summed E-state index contributed by atoms with van der Waals surface area (Å²) >= 11 is 0. The molecule has 1 aliphatic rings. The smallest absolute Gasteiger partial charge is 0.224 e. The monoisotopic (exact) mass is 299 g/mol. The number of piperazine rings is 1. The lowest BCUT2D eigenvalue weighted by Crippen LogP contribution is -2.47. The molecule has 1 N–H and O–H groups in total. The molecule has 0 bridgehead atoms. The minimum absolute atomic E-state index is 0.207. The lowest BCUT2D eigenvalue weighted by atomic mass is 10.2. The number of likely N-dealkylation sites (N-methyl/N-ethyl adjacent to an activating group) is 1. The standard InChI is InChI=1S/C16H21N5O/c1-20-8-10-21(11-9-20)15(22)6-7-17-16-13-4-2-3-5-14(13)18-12-19-16/h2-5,12H,6-11H2,1H3,(H,17,18,19). The van der Waals surface area contributed by atoms with E-state index in [2.05, 4.69) is 27.2 Å². The molecule has 0 unspecified atom stereocenters. The first-order valence-corrected chi connectivity index (χ1v) is 7.64. The van der Waals surface area contributed by atoms with Gasteiger partial charge in [0, 0.05) is 44.5 Å². The Morgan fingerprint density at radius 3 is 2.77 bits per heavy atom. The molecule has 2 aromatic rings. The van der Waals surface area contributed by atoms with Crippen molar-refractivity contribution < 1.29 is 4.79 Å². The van der Waals surface area contributed by atoms with E-state index in [0.717, 1.165) is 42.9 Å². The van der Waals surface area contributed by atoms with Gasteiger partial charge < -0.3 is 15.1 Å². The van der Waals surface area contributed by atoms with Crippen LogP contribution in [0.15, 0.2) is 30.6 Å². The summed E-state index contributed by atoms with van der Waals surface area (Å²) in [5, 5.41) is 4.24. The molecule has 1 aromatic heterocycles. The number of fused-ring (bicyclic) bond motifs is 1. The number of hydrogen-bond donors (Lipinski definition) is 1. The summed E-state index contributed by atoms with van der Waals surface area (Å²) in [7, 11) is 2.09. The number of carbonyl (C=O) groups excluding carboxylic acids is 1. The van der Waals surface area contributed by atoms with E-state index >= 15 is 0 Å². The minimum atomic E-state index is 0.207. The van der Waals surface area contributed by atoms with Gasteiger partial charge in [-0.15, -0.1) is 0 Å². The molecule has 0 spiro atoms. The van der Waals surface area contributed by atoms with Gasteiger partial charge in [-0.3, -0.25) is 4.79 Å². The molecule has 116 valence electrons. The fraction of sp³-hybridized carbons (Fsp3) is 0.438. The van der Waals surface area contributed by atoms with Crippen molar-refractivity contribution in [3.8, 4) is 0 Å². The van der Waals surface area contributed by atoms with E-state index in [1.54, 1.807) is 6.33 Å². The average molecular weight is 299 g/mol. The minimum Gasteiger partial charge on any atom is -0.369 e. The molecule has 1 fully saturated rings. The van der Waals surface area contributed by atoms with Crippen LogP contribution in [0.1, 0.15) is 6.42 Å². The number of nitrogens with zero attached hydrogens (tertiary/aromatic N) is 4. The zero-order valence-corrected chi connectivity index (χ0v) is 12.8. The summed E-state index contributed by atoms with van der Waals surface area (Å²) < 4.78 is 0. The van der Waals surface area contributed by atoms with Gasteiger partial charge in [-0.25, -0.2) is 9.97 Å². The highest BCUT2D eigenvalue weighted by Gasteiger charge is 2.18. The van der Waals surface area contributed by atoms with Crippen LogP contribution in [0.2, 0.25) is 0 Å². The summed E-state index contributed by atoms with van der Waals surface area (Å²) in [6.07, 6.45) is 2.04. The molecule has 1 aromatic carbocycles. The third-order valence-electron chi connectivity index (χ3n) is 4.03. The molecule has 1 aliphatic heterocycles. The van der Waals surface area contributed by atoms with Gasteiger partial charge in [0.25, 0.3) is 0 Å². The first-order chi connectivity index (χ1) is 10.7. The highest BCUT2D eigenvalue weighted by atomic mass is 16.2. The Morgan fingerprint density at radius 1 is 1.18 bits per heavy atom. The van der Waals surface area contributed by atoms with Crippen molar-refractivity contribution in [2.45, 2.75) is 6.42 Å². The number of carbonyl (C=O) groups is 1. The zero-order valence-electron chi connectivity index (χ0n) is 12.8. The van der Waals surface area contributed by atoms with Crippen LogP contribution in [0.4, 0.5) is 5.82 Å². The molecule has 1 amide bonds. The number of benzene rings is 1. The van der Waals surface area contributed by atoms with Crippen molar-refractivity contribution in [1.82, 2.24) is 19.8 Å². The summed E-state index contributed by atoms with van der Waals surface area (Å²) in [6, 6.07) is 7.86. The van der Waals surface area contributed by atoms with Gasteiger partial charge in [0.05, 0.1) is 5.52 Å². The Labute approximate surface area is 130 Å². The first-order valence-electron chi connectivity index (χ1n) is 7.64. The van der Waals surface area contributed by atoms with Crippen LogP contribution >= 0.6 is 0 Å². The Kier molecular flexibility index (Phi) is 4.48. The van der Waals surface area contributed by atoms with Gasteiger partial charge in [0.2, 0.25) is 5.91 Å². The van der Waals surface area contributed by atoms with Gasteiger partial charge in [-0.05, 0) is 19.2 Å². The summed E-state index contributed by atoms with van der Waals surface area (Å²) in [5.41, 5.74) is 0.908. The second-order valence-electron chi connectivity index (χ2n) is 5.60. The van der Waals surface area contributed by atoms with Crippen molar-refractivity contribution in [1.29, 1.82) is 0 Å². The largest absolute Gasteiger partial charge is 0.369 e. The third kappa shape index (κ3) is 3.33. The average Bonchev–Trinajstić information content (AvgIpc) is 2.55. The number of amides is 1. The molecule has 6 nitrogen and oxygen atoms in total. The van der Waals surface area contributed by atoms with Crippen molar-refractivity contribution in [2.75, 3.05) is 45.1 Å². The van der Waals surface area contributed by atoms with Crippen LogP contribution in [-0.4, -0.2) is 65.4 Å². The van der Waals surface area contributed by atoms with Gasteiger partial charge >= 0.3 is 0 Å². The molecule has 0 radical (unpaired) electrons. The quantitative estimate of drug-likeness (QED) is 0.919. The molecule has 1 saturated heterocycles. The first kappa shape index (κ1) is 14.7. The Hall–Kier alpha value is -2.21. The molecular formula is C16H21N5O. The predicted octanol–water partition coefficient (Wildman–Crippen LogP) is 1.21. The molecule has 0 aliphatic carbocycles. The summed E-state index contributed by atoms with van der Waals surface area (Å²) in [4.78, 5) is 24.9. The number of rotatable bonds is 4. The third-order valence-corrected chi connectivity index (χ3v) is 4.03. The van der Waals surface area contributed by atoms with Gasteiger partial charge in [-0.1, -0.05) is 12.1 Å². The maximum absolute atomic E-state index is 12.2. The Bertz CT molecular complexity index is 647. The molecular weight excluding hydrogens is 278 g/mol. The molecule has 22 heavy (non-hydrogen) atoms. The maximum atomic E-state index is 12.2. The Morgan fingerprint density at radius 2 is 1.95 bits per heavy atom. The van der Waals surface area contributed by atoms with Crippen LogP contribution in [0.5, 0.6) is 0 Å². The van der Waals surface area contributed by atoms with E-state index in [-0.39, 0.29) is 5.91 Å². The van der Waals surface area contributed by atoms with E-state index in [1.165, 1.54) is 0 Å². The molecule has 6 heteroatoms. The SMILES string of the molecule is CN1CCN(C(=O)CCNc2ncnc3ccccc23)CC1. The van der Waals surface area contributed by atoms with E-state index in [4.69, 9.17) is 0 Å². The highest BCUT2D eigenvalue weighted by Crippen LogP contribution is 2.18. The van der Waals surface area contributed by atoms with Gasteiger partial charge in [0.1, 0.15) is 12.1 Å². The lowest BCUT2D eigenvalue weighted by Gasteiger charge is -2.32. The van der Waals surface area contributed by atoms with Crippen molar-refractivity contribution in [2.24, 2.45) is 0 Å². The second-order valence-corrected chi connectivity index (χ2v) is 5.60. The summed E-state index contributed by atoms with van der Waals surface area (Å²) in [6.45, 7) is 4.15. The fourth-order valence-corrected chi connectivity index (χ4v) is 2.65. The zero-order chi connectivity index (χ0) is 15.4. The van der Waals surface area contributed by atoms with Crippen molar-refractivity contribution >= 4 is 22.6 Å².